The van der Waals surface area contributed by atoms with Gasteiger partial charge in [0.2, 0.25) is 0 Å². The van der Waals surface area contributed by atoms with Gasteiger partial charge < -0.3 is 4.74 Å². The van der Waals surface area contributed by atoms with E-state index in [1.165, 1.54) is 19.4 Å². The maximum atomic E-state index is 5.81. The predicted octanol–water partition coefficient (Wildman–Crippen LogP) is 1.40. The standard InChI is InChI=1S/C10H17NO/c1-9(2,3)11-6-7-4-10(11)5-8(10)12-7/h7-8H,4-6H2,1-3H3/t7-,8-,10?/m1/s1. The lowest BCUT2D eigenvalue weighted by Crippen LogP contribution is -2.49. The average Bonchev–Trinajstić information content (AvgIpc) is 2.31. The van der Waals surface area contributed by atoms with Gasteiger partial charge in [-0.15, -0.1) is 0 Å². The summed E-state index contributed by atoms with van der Waals surface area (Å²) in [6, 6.07) is 0. The highest BCUT2D eigenvalue weighted by atomic mass is 16.5. The number of hydrogen-bond acceptors (Lipinski definition) is 2. The van der Waals surface area contributed by atoms with Gasteiger partial charge in [-0.05, 0) is 33.6 Å². The van der Waals surface area contributed by atoms with Crippen LogP contribution in [0.5, 0.6) is 0 Å². The molecule has 68 valence electrons. The number of morpholine rings is 1. The van der Waals surface area contributed by atoms with Crippen LogP contribution in [0.25, 0.3) is 0 Å². The van der Waals surface area contributed by atoms with E-state index in [1.54, 1.807) is 0 Å². The lowest BCUT2D eigenvalue weighted by atomic mass is 10.0. The Balaban J connectivity index is 1.92. The van der Waals surface area contributed by atoms with Crippen molar-refractivity contribution in [3.63, 3.8) is 0 Å². The minimum atomic E-state index is 0.341. The van der Waals surface area contributed by atoms with E-state index >= 15 is 0 Å². The Bertz CT molecular complexity index is 232. The number of ether oxygens (including phenoxy) is 1. The number of rotatable bonds is 0. The smallest absolute Gasteiger partial charge is 0.0784 e. The SMILES string of the molecule is CC(C)(C)N1C[C@H]2CC13C[C@H]3O2. The van der Waals surface area contributed by atoms with Gasteiger partial charge in [0.1, 0.15) is 0 Å². The molecule has 1 unspecified atom stereocenters. The molecule has 0 aromatic heterocycles. The first-order chi connectivity index (χ1) is 5.52. The zero-order valence-corrected chi connectivity index (χ0v) is 8.13. The summed E-state index contributed by atoms with van der Waals surface area (Å²) in [7, 11) is 0. The monoisotopic (exact) mass is 167 g/mol. The van der Waals surface area contributed by atoms with Gasteiger partial charge in [-0.3, -0.25) is 4.90 Å². The lowest BCUT2D eigenvalue weighted by Gasteiger charge is -2.38. The molecule has 2 bridgehead atoms. The molecule has 2 heterocycles. The molecule has 2 aliphatic heterocycles. The predicted molar refractivity (Wildman–Crippen MR) is 47.1 cm³/mol. The molecule has 3 aliphatic rings. The molecule has 0 aromatic rings. The second kappa shape index (κ2) is 1.73. The summed E-state index contributed by atoms with van der Waals surface area (Å²) in [5.41, 5.74) is 0.830. The van der Waals surface area contributed by atoms with Gasteiger partial charge in [0.25, 0.3) is 0 Å². The highest BCUT2D eigenvalue weighted by Crippen LogP contribution is 2.60. The van der Waals surface area contributed by atoms with Gasteiger partial charge >= 0.3 is 0 Å². The zero-order chi connectivity index (χ0) is 8.56. The van der Waals surface area contributed by atoms with Crippen LogP contribution in [0.1, 0.15) is 33.6 Å². The molecule has 0 N–H and O–H groups in total. The maximum Gasteiger partial charge on any atom is 0.0784 e. The van der Waals surface area contributed by atoms with Crippen molar-refractivity contribution >= 4 is 0 Å². The second-order valence-corrected chi connectivity index (χ2v) is 5.54. The third kappa shape index (κ3) is 0.686. The molecule has 0 radical (unpaired) electrons. The van der Waals surface area contributed by atoms with Crippen LogP contribution in [-0.4, -0.2) is 34.7 Å². The van der Waals surface area contributed by atoms with Gasteiger partial charge in [-0.2, -0.15) is 0 Å². The van der Waals surface area contributed by atoms with E-state index in [2.05, 4.69) is 25.7 Å². The molecule has 2 saturated heterocycles. The van der Waals surface area contributed by atoms with Crippen molar-refractivity contribution in [3.05, 3.63) is 0 Å². The summed E-state index contributed by atoms with van der Waals surface area (Å²) in [6.45, 7) is 8.12. The summed E-state index contributed by atoms with van der Waals surface area (Å²) in [5, 5.41) is 0. The lowest BCUT2D eigenvalue weighted by molar-refractivity contribution is -0.0108. The largest absolute Gasteiger partial charge is 0.372 e. The van der Waals surface area contributed by atoms with Crippen molar-refractivity contribution in [2.75, 3.05) is 6.54 Å². The Hall–Kier alpha value is -0.0800. The molecular formula is C10H17NO. The van der Waals surface area contributed by atoms with Crippen molar-refractivity contribution in [1.82, 2.24) is 4.90 Å². The molecule has 3 rings (SSSR count). The normalized spacial score (nSPS) is 51.2. The van der Waals surface area contributed by atoms with E-state index in [0.29, 0.717) is 23.3 Å². The van der Waals surface area contributed by atoms with Gasteiger partial charge in [0, 0.05) is 12.1 Å². The minimum Gasteiger partial charge on any atom is -0.372 e. The Morgan fingerprint density at radius 1 is 1.33 bits per heavy atom. The second-order valence-electron chi connectivity index (χ2n) is 5.54. The summed E-state index contributed by atoms with van der Waals surface area (Å²) in [4.78, 5) is 2.67. The molecule has 1 spiro atoms. The fourth-order valence-electron chi connectivity index (χ4n) is 3.16. The molecule has 1 saturated carbocycles. The molecule has 3 atom stereocenters. The Morgan fingerprint density at radius 2 is 2.08 bits per heavy atom. The first-order valence-corrected chi connectivity index (χ1v) is 4.96. The Labute approximate surface area is 73.9 Å². The van der Waals surface area contributed by atoms with Crippen LogP contribution in [0.15, 0.2) is 0 Å². The van der Waals surface area contributed by atoms with Crippen LogP contribution in [0.4, 0.5) is 0 Å². The molecule has 2 nitrogen and oxygen atoms in total. The van der Waals surface area contributed by atoms with Gasteiger partial charge in [0.15, 0.2) is 0 Å². The van der Waals surface area contributed by atoms with Crippen molar-refractivity contribution in [3.8, 4) is 0 Å². The van der Waals surface area contributed by atoms with Crippen LogP contribution in [-0.2, 0) is 4.74 Å². The highest BCUT2D eigenvalue weighted by Gasteiger charge is 2.71. The van der Waals surface area contributed by atoms with E-state index in [0.717, 1.165) is 0 Å². The fraction of sp³-hybridized carbons (Fsp3) is 1.00. The van der Waals surface area contributed by atoms with E-state index in [9.17, 15) is 0 Å². The number of likely N-dealkylation sites (tertiary alicyclic amines) is 1. The Kier molecular flexibility index (Phi) is 1.06. The summed E-state index contributed by atoms with van der Waals surface area (Å²) in [6.07, 6.45) is 3.74. The van der Waals surface area contributed by atoms with Crippen LogP contribution >= 0.6 is 0 Å². The third-order valence-corrected chi connectivity index (χ3v) is 3.65. The maximum absolute atomic E-state index is 5.81. The summed E-state index contributed by atoms with van der Waals surface area (Å²) >= 11 is 0. The van der Waals surface area contributed by atoms with Crippen molar-refractivity contribution in [2.24, 2.45) is 0 Å². The first kappa shape index (κ1) is 7.34. The molecule has 0 aromatic carbocycles. The average molecular weight is 167 g/mol. The summed E-state index contributed by atoms with van der Waals surface area (Å²) in [5.74, 6) is 0. The van der Waals surface area contributed by atoms with Crippen molar-refractivity contribution in [2.45, 2.75) is 56.9 Å². The number of fused-ring (bicyclic) bond motifs is 1. The highest BCUT2D eigenvalue weighted by molar-refractivity contribution is 5.25. The quantitative estimate of drug-likeness (QED) is 0.540. The molecule has 2 heteroatoms. The molecular weight excluding hydrogens is 150 g/mol. The van der Waals surface area contributed by atoms with Crippen LogP contribution < -0.4 is 0 Å². The number of nitrogens with zero attached hydrogens (tertiary/aromatic N) is 1. The third-order valence-electron chi connectivity index (χ3n) is 3.65. The first-order valence-electron chi connectivity index (χ1n) is 4.96. The van der Waals surface area contributed by atoms with Gasteiger partial charge in [0.05, 0.1) is 17.7 Å². The van der Waals surface area contributed by atoms with Crippen molar-refractivity contribution in [1.29, 1.82) is 0 Å². The van der Waals surface area contributed by atoms with Crippen LogP contribution in [0, 0.1) is 0 Å². The summed E-state index contributed by atoms with van der Waals surface area (Å²) < 4.78 is 5.81. The van der Waals surface area contributed by atoms with E-state index in [-0.39, 0.29) is 0 Å². The van der Waals surface area contributed by atoms with Gasteiger partial charge in [-0.25, -0.2) is 0 Å². The molecule has 12 heavy (non-hydrogen) atoms. The zero-order valence-electron chi connectivity index (χ0n) is 8.13. The van der Waals surface area contributed by atoms with Crippen LogP contribution in [0.2, 0.25) is 0 Å². The van der Waals surface area contributed by atoms with Crippen LogP contribution in [0.3, 0.4) is 0 Å². The topological polar surface area (TPSA) is 12.5 Å². The van der Waals surface area contributed by atoms with Crippen molar-refractivity contribution < 1.29 is 4.74 Å². The molecule has 3 fully saturated rings. The van der Waals surface area contributed by atoms with E-state index in [1.807, 2.05) is 0 Å². The number of hydrogen-bond donors (Lipinski definition) is 0. The van der Waals surface area contributed by atoms with E-state index < -0.39 is 0 Å². The minimum absolute atomic E-state index is 0.341. The van der Waals surface area contributed by atoms with Gasteiger partial charge in [-0.1, -0.05) is 0 Å². The fourth-order valence-corrected chi connectivity index (χ4v) is 3.16. The van der Waals surface area contributed by atoms with E-state index in [4.69, 9.17) is 4.74 Å². The molecule has 1 aliphatic carbocycles. The molecule has 0 amide bonds. The Morgan fingerprint density at radius 3 is 2.50 bits per heavy atom.